The SMILES string of the molecule is O=C(CSc1nc(-c2ccccc2)c(-c2ccccc2)s1)Nc1ccc2c(c1)OCO2. The van der Waals surface area contributed by atoms with E-state index < -0.39 is 0 Å². The summed E-state index contributed by atoms with van der Waals surface area (Å²) in [5, 5.41) is 2.91. The van der Waals surface area contributed by atoms with Crippen molar-refractivity contribution in [2.24, 2.45) is 0 Å². The zero-order valence-corrected chi connectivity index (χ0v) is 18.0. The van der Waals surface area contributed by atoms with Crippen LogP contribution in [-0.4, -0.2) is 23.4 Å². The van der Waals surface area contributed by atoms with Crippen molar-refractivity contribution in [3.05, 3.63) is 78.9 Å². The Kier molecular flexibility index (Phi) is 5.60. The number of nitrogens with one attached hydrogen (secondary N) is 1. The van der Waals surface area contributed by atoms with Gasteiger partial charge in [-0.25, -0.2) is 4.98 Å². The summed E-state index contributed by atoms with van der Waals surface area (Å²) in [6, 6.07) is 25.7. The van der Waals surface area contributed by atoms with Crippen LogP contribution in [-0.2, 0) is 4.79 Å². The van der Waals surface area contributed by atoms with Gasteiger partial charge in [0.15, 0.2) is 15.8 Å². The summed E-state index contributed by atoms with van der Waals surface area (Å²) in [6.07, 6.45) is 0. The fourth-order valence-corrected chi connectivity index (χ4v) is 5.21. The topological polar surface area (TPSA) is 60.5 Å². The van der Waals surface area contributed by atoms with Crippen LogP contribution in [0.1, 0.15) is 0 Å². The molecule has 7 heteroatoms. The number of amides is 1. The monoisotopic (exact) mass is 446 g/mol. The van der Waals surface area contributed by atoms with Gasteiger partial charge in [0.2, 0.25) is 12.7 Å². The molecule has 0 fully saturated rings. The second-order valence-corrected chi connectivity index (χ2v) is 9.02. The lowest BCUT2D eigenvalue weighted by Crippen LogP contribution is -2.13. The molecule has 31 heavy (non-hydrogen) atoms. The van der Waals surface area contributed by atoms with Crippen molar-refractivity contribution in [3.8, 4) is 33.2 Å². The molecular formula is C24H18N2O3S2. The number of thioether (sulfide) groups is 1. The van der Waals surface area contributed by atoms with Crippen molar-refractivity contribution in [2.75, 3.05) is 17.9 Å². The molecule has 0 saturated carbocycles. The van der Waals surface area contributed by atoms with Gasteiger partial charge in [0.1, 0.15) is 0 Å². The van der Waals surface area contributed by atoms with Crippen molar-refractivity contribution < 1.29 is 14.3 Å². The molecule has 154 valence electrons. The molecule has 0 radical (unpaired) electrons. The Morgan fingerprint density at radius 3 is 2.42 bits per heavy atom. The molecule has 3 aromatic carbocycles. The first-order valence-electron chi connectivity index (χ1n) is 9.70. The van der Waals surface area contributed by atoms with Crippen molar-refractivity contribution in [2.45, 2.75) is 4.34 Å². The first-order chi connectivity index (χ1) is 15.3. The highest BCUT2D eigenvalue weighted by atomic mass is 32.2. The summed E-state index contributed by atoms with van der Waals surface area (Å²) >= 11 is 3.04. The van der Waals surface area contributed by atoms with Crippen molar-refractivity contribution in [1.29, 1.82) is 0 Å². The van der Waals surface area contributed by atoms with Crippen molar-refractivity contribution in [3.63, 3.8) is 0 Å². The van der Waals surface area contributed by atoms with Gasteiger partial charge < -0.3 is 14.8 Å². The fraction of sp³-hybridized carbons (Fsp3) is 0.0833. The minimum atomic E-state index is -0.0958. The number of thiazole rings is 1. The Balaban J connectivity index is 1.32. The van der Waals surface area contributed by atoms with E-state index in [1.807, 2.05) is 36.4 Å². The number of hydrogen-bond donors (Lipinski definition) is 1. The Bertz CT molecular complexity index is 1150. The van der Waals surface area contributed by atoms with Gasteiger partial charge >= 0.3 is 0 Å². The normalized spacial score (nSPS) is 12.0. The molecular weight excluding hydrogens is 428 g/mol. The number of fused-ring (bicyclic) bond motifs is 1. The number of ether oxygens (including phenoxy) is 2. The van der Waals surface area contributed by atoms with Crippen molar-refractivity contribution >= 4 is 34.7 Å². The van der Waals surface area contributed by atoms with E-state index in [9.17, 15) is 4.79 Å². The van der Waals surface area contributed by atoms with Gasteiger partial charge in [-0.15, -0.1) is 11.3 Å². The van der Waals surface area contributed by atoms with Crippen LogP contribution < -0.4 is 14.8 Å². The Morgan fingerprint density at radius 1 is 0.935 bits per heavy atom. The van der Waals surface area contributed by atoms with Crippen LogP contribution in [0.2, 0.25) is 0 Å². The Labute approximate surface area is 188 Å². The summed E-state index contributed by atoms with van der Waals surface area (Å²) in [6.45, 7) is 0.208. The molecule has 1 aliphatic rings. The van der Waals surface area contributed by atoms with Crippen LogP contribution in [0, 0.1) is 0 Å². The van der Waals surface area contributed by atoms with Crippen molar-refractivity contribution in [1.82, 2.24) is 4.98 Å². The molecule has 5 rings (SSSR count). The van der Waals surface area contributed by atoms with Gasteiger partial charge in [0, 0.05) is 17.3 Å². The predicted octanol–water partition coefficient (Wildman–Crippen LogP) is 5.94. The van der Waals surface area contributed by atoms with E-state index in [-0.39, 0.29) is 18.5 Å². The van der Waals surface area contributed by atoms with Gasteiger partial charge in [-0.2, -0.15) is 0 Å². The predicted molar refractivity (Wildman–Crippen MR) is 125 cm³/mol. The third-order valence-corrected chi connectivity index (χ3v) is 6.92. The highest BCUT2D eigenvalue weighted by molar-refractivity contribution is 8.01. The molecule has 0 aliphatic carbocycles. The van der Waals surface area contributed by atoms with Crippen LogP contribution in [0.25, 0.3) is 21.7 Å². The molecule has 5 nitrogen and oxygen atoms in total. The summed E-state index contributed by atoms with van der Waals surface area (Å²) in [5.41, 5.74) is 3.81. The molecule has 4 aromatic rings. The molecule has 1 N–H and O–H groups in total. The van der Waals surface area contributed by atoms with Gasteiger partial charge in [-0.3, -0.25) is 4.79 Å². The molecule has 0 unspecified atom stereocenters. The average Bonchev–Trinajstić information content (AvgIpc) is 3.46. The molecule has 0 saturated heterocycles. The lowest BCUT2D eigenvalue weighted by atomic mass is 10.1. The first kappa shape index (κ1) is 19.7. The second kappa shape index (κ2) is 8.83. The minimum Gasteiger partial charge on any atom is -0.454 e. The van der Waals surface area contributed by atoms with Gasteiger partial charge in [-0.05, 0) is 17.7 Å². The third kappa shape index (κ3) is 4.42. The number of benzene rings is 3. The Morgan fingerprint density at radius 2 is 1.65 bits per heavy atom. The van der Waals surface area contributed by atoms with E-state index in [4.69, 9.17) is 14.5 Å². The number of rotatable bonds is 6. The van der Waals surface area contributed by atoms with E-state index in [0.717, 1.165) is 26.0 Å². The molecule has 1 aliphatic heterocycles. The lowest BCUT2D eigenvalue weighted by molar-refractivity contribution is -0.113. The van der Waals surface area contributed by atoms with Crippen LogP contribution in [0.3, 0.4) is 0 Å². The van der Waals surface area contributed by atoms with E-state index in [0.29, 0.717) is 17.2 Å². The second-order valence-electron chi connectivity index (χ2n) is 6.79. The quantitative estimate of drug-likeness (QED) is 0.372. The largest absolute Gasteiger partial charge is 0.454 e. The molecule has 0 atom stereocenters. The number of carbonyl (C=O) groups excluding carboxylic acids is 1. The molecule has 0 spiro atoms. The maximum atomic E-state index is 12.5. The summed E-state index contributed by atoms with van der Waals surface area (Å²) in [4.78, 5) is 18.4. The summed E-state index contributed by atoms with van der Waals surface area (Å²) in [7, 11) is 0. The van der Waals surface area contributed by atoms with Gasteiger partial charge in [0.25, 0.3) is 0 Å². The van der Waals surface area contributed by atoms with E-state index in [1.165, 1.54) is 11.8 Å². The van der Waals surface area contributed by atoms with Crippen LogP contribution in [0.5, 0.6) is 11.5 Å². The van der Waals surface area contributed by atoms with Crippen LogP contribution >= 0.6 is 23.1 Å². The number of carbonyl (C=O) groups is 1. The van der Waals surface area contributed by atoms with E-state index in [2.05, 4.69) is 29.6 Å². The summed E-state index contributed by atoms with van der Waals surface area (Å²) in [5.74, 6) is 1.51. The van der Waals surface area contributed by atoms with Gasteiger partial charge in [0.05, 0.1) is 16.3 Å². The third-order valence-electron chi connectivity index (χ3n) is 4.67. The maximum Gasteiger partial charge on any atom is 0.234 e. The van der Waals surface area contributed by atoms with Crippen LogP contribution in [0.15, 0.2) is 83.2 Å². The highest BCUT2D eigenvalue weighted by Crippen LogP contribution is 2.40. The van der Waals surface area contributed by atoms with Crippen LogP contribution in [0.4, 0.5) is 5.69 Å². The minimum absolute atomic E-state index is 0.0958. The molecule has 0 bridgehead atoms. The maximum absolute atomic E-state index is 12.5. The standard InChI is InChI=1S/C24H18N2O3S2/c27-21(25-18-11-12-19-20(13-18)29-15-28-19)14-30-24-26-22(16-7-3-1-4-8-16)23(31-24)17-9-5-2-6-10-17/h1-13H,14-15H2,(H,25,27). The Hall–Kier alpha value is -3.29. The number of aromatic nitrogens is 1. The molecule has 1 aromatic heterocycles. The number of anilines is 1. The number of nitrogens with zero attached hydrogens (tertiary/aromatic N) is 1. The average molecular weight is 447 g/mol. The van der Waals surface area contributed by atoms with Gasteiger partial charge in [-0.1, -0.05) is 72.4 Å². The zero-order valence-electron chi connectivity index (χ0n) is 16.4. The number of hydrogen-bond acceptors (Lipinski definition) is 6. The zero-order chi connectivity index (χ0) is 21.0. The lowest BCUT2D eigenvalue weighted by Gasteiger charge is -2.05. The fourth-order valence-electron chi connectivity index (χ4n) is 3.24. The van der Waals surface area contributed by atoms with E-state index >= 15 is 0 Å². The summed E-state index contributed by atoms with van der Waals surface area (Å²) < 4.78 is 11.5. The molecule has 2 heterocycles. The molecule has 1 amide bonds. The smallest absolute Gasteiger partial charge is 0.234 e. The first-order valence-corrected chi connectivity index (χ1v) is 11.5. The van der Waals surface area contributed by atoms with E-state index in [1.54, 1.807) is 29.5 Å². The highest BCUT2D eigenvalue weighted by Gasteiger charge is 2.17.